The van der Waals surface area contributed by atoms with E-state index in [0.29, 0.717) is 17.5 Å². The van der Waals surface area contributed by atoms with Gasteiger partial charge in [-0.2, -0.15) is 4.98 Å². The van der Waals surface area contributed by atoms with Crippen molar-refractivity contribution in [2.24, 2.45) is 0 Å². The van der Waals surface area contributed by atoms with E-state index in [9.17, 15) is 0 Å². The van der Waals surface area contributed by atoms with Crippen molar-refractivity contribution < 1.29 is 4.74 Å². The number of rotatable bonds is 4. The molecule has 0 amide bonds. The van der Waals surface area contributed by atoms with Crippen LogP contribution in [0.3, 0.4) is 0 Å². The van der Waals surface area contributed by atoms with E-state index in [-0.39, 0.29) is 0 Å². The minimum Gasteiger partial charge on any atom is -0.479 e. The Morgan fingerprint density at radius 3 is 2.57 bits per heavy atom. The first-order valence-corrected chi connectivity index (χ1v) is 4.64. The summed E-state index contributed by atoms with van der Waals surface area (Å²) >= 11 is 0. The zero-order valence-corrected chi connectivity index (χ0v) is 8.82. The summed E-state index contributed by atoms with van der Waals surface area (Å²) in [4.78, 5) is 10.4. The standard InChI is InChI=1S/C9H16N4O/c1-4-13(5-2)9-11-6-7(10)8(12-9)14-3/h6H,4-5,10H2,1-3H3. The summed E-state index contributed by atoms with van der Waals surface area (Å²) in [6, 6.07) is 0. The van der Waals surface area contributed by atoms with Crippen LogP contribution in [-0.2, 0) is 0 Å². The van der Waals surface area contributed by atoms with E-state index >= 15 is 0 Å². The number of nitrogen functional groups attached to an aromatic ring is 1. The number of hydrogen-bond acceptors (Lipinski definition) is 5. The Morgan fingerprint density at radius 1 is 1.43 bits per heavy atom. The molecule has 0 aliphatic heterocycles. The highest BCUT2D eigenvalue weighted by atomic mass is 16.5. The van der Waals surface area contributed by atoms with Gasteiger partial charge in [0.2, 0.25) is 11.8 Å². The molecule has 0 fully saturated rings. The minimum atomic E-state index is 0.432. The van der Waals surface area contributed by atoms with E-state index in [2.05, 4.69) is 23.8 Å². The molecular weight excluding hydrogens is 180 g/mol. The van der Waals surface area contributed by atoms with Crippen LogP contribution in [0.2, 0.25) is 0 Å². The molecule has 0 unspecified atom stereocenters. The predicted octanol–water partition coefficient (Wildman–Crippen LogP) is 0.914. The number of methoxy groups -OCH3 is 1. The van der Waals surface area contributed by atoms with Gasteiger partial charge < -0.3 is 15.4 Å². The van der Waals surface area contributed by atoms with Crippen molar-refractivity contribution in [2.45, 2.75) is 13.8 Å². The fraction of sp³-hybridized carbons (Fsp3) is 0.556. The van der Waals surface area contributed by atoms with Gasteiger partial charge in [0.1, 0.15) is 5.69 Å². The van der Waals surface area contributed by atoms with Gasteiger partial charge in [0, 0.05) is 13.1 Å². The molecule has 1 rings (SSSR count). The molecule has 0 aliphatic carbocycles. The molecule has 78 valence electrons. The molecule has 1 aromatic heterocycles. The highest BCUT2D eigenvalue weighted by Gasteiger charge is 2.08. The van der Waals surface area contributed by atoms with E-state index in [1.165, 1.54) is 0 Å². The molecule has 1 aromatic rings. The Morgan fingerprint density at radius 2 is 2.07 bits per heavy atom. The van der Waals surface area contributed by atoms with Crippen molar-refractivity contribution >= 4 is 11.6 Å². The second-order valence-electron chi connectivity index (χ2n) is 2.81. The van der Waals surface area contributed by atoms with Crippen LogP contribution in [0, 0.1) is 0 Å². The maximum absolute atomic E-state index is 5.61. The van der Waals surface area contributed by atoms with E-state index in [1.807, 2.05) is 4.90 Å². The lowest BCUT2D eigenvalue weighted by atomic mass is 10.5. The largest absolute Gasteiger partial charge is 0.479 e. The molecule has 0 saturated heterocycles. The van der Waals surface area contributed by atoms with Gasteiger partial charge in [-0.25, -0.2) is 4.98 Å². The van der Waals surface area contributed by atoms with Gasteiger partial charge in [0.25, 0.3) is 0 Å². The van der Waals surface area contributed by atoms with Crippen LogP contribution < -0.4 is 15.4 Å². The third kappa shape index (κ3) is 2.04. The van der Waals surface area contributed by atoms with Crippen molar-refractivity contribution in [3.05, 3.63) is 6.20 Å². The predicted molar refractivity (Wildman–Crippen MR) is 56.6 cm³/mol. The first kappa shape index (κ1) is 10.6. The van der Waals surface area contributed by atoms with Crippen LogP contribution in [0.25, 0.3) is 0 Å². The monoisotopic (exact) mass is 196 g/mol. The summed E-state index contributed by atoms with van der Waals surface area (Å²) in [5.74, 6) is 1.09. The topological polar surface area (TPSA) is 64.3 Å². The van der Waals surface area contributed by atoms with Gasteiger partial charge in [-0.15, -0.1) is 0 Å². The fourth-order valence-corrected chi connectivity index (χ4v) is 1.19. The van der Waals surface area contributed by atoms with Crippen LogP contribution in [-0.4, -0.2) is 30.2 Å². The second kappa shape index (κ2) is 4.64. The fourth-order valence-electron chi connectivity index (χ4n) is 1.19. The molecule has 0 atom stereocenters. The normalized spacial score (nSPS) is 9.93. The number of hydrogen-bond donors (Lipinski definition) is 1. The van der Waals surface area contributed by atoms with Crippen molar-refractivity contribution in [3.8, 4) is 5.88 Å². The molecular formula is C9H16N4O. The Hall–Kier alpha value is -1.52. The van der Waals surface area contributed by atoms with Gasteiger partial charge in [-0.1, -0.05) is 0 Å². The molecule has 2 N–H and O–H groups in total. The Balaban J connectivity index is 2.98. The molecule has 0 aliphatic rings. The maximum atomic E-state index is 5.61. The molecule has 14 heavy (non-hydrogen) atoms. The molecule has 1 heterocycles. The average Bonchev–Trinajstić information content (AvgIpc) is 2.22. The third-order valence-electron chi connectivity index (χ3n) is 2.01. The smallest absolute Gasteiger partial charge is 0.241 e. The molecule has 5 nitrogen and oxygen atoms in total. The van der Waals surface area contributed by atoms with Crippen LogP contribution in [0.4, 0.5) is 11.6 Å². The number of nitrogens with zero attached hydrogens (tertiary/aromatic N) is 3. The molecule has 0 aromatic carbocycles. The lowest BCUT2D eigenvalue weighted by molar-refractivity contribution is 0.399. The summed E-state index contributed by atoms with van der Waals surface area (Å²) in [6.07, 6.45) is 1.57. The quantitative estimate of drug-likeness (QED) is 0.775. The lowest BCUT2D eigenvalue weighted by Gasteiger charge is -2.18. The Kier molecular flexibility index (Phi) is 3.50. The number of ether oxygens (including phenoxy) is 1. The minimum absolute atomic E-state index is 0.432. The van der Waals surface area contributed by atoms with Crippen LogP contribution >= 0.6 is 0 Å². The van der Waals surface area contributed by atoms with Crippen LogP contribution in [0.15, 0.2) is 6.20 Å². The van der Waals surface area contributed by atoms with E-state index < -0.39 is 0 Å². The first-order valence-electron chi connectivity index (χ1n) is 4.64. The molecule has 0 radical (unpaired) electrons. The number of aromatic nitrogens is 2. The van der Waals surface area contributed by atoms with Gasteiger partial charge in [0.15, 0.2) is 0 Å². The SMILES string of the molecule is CCN(CC)c1ncc(N)c(OC)n1. The molecule has 0 bridgehead atoms. The Bertz CT molecular complexity index is 299. The summed E-state index contributed by atoms with van der Waals surface area (Å²) in [5, 5.41) is 0. The van der Waals surface area contributed by atoms with Crippen molar-refractivity contribution in [1.82, 2.24) is 9.97 Å². The van der Waals surface area contributed by atoms with Crippen LogP contribution in [0.1, 0.15) is 13.8 Å². The maximum Gasteiger partial charge on any atom is 0.241 e. The van der Waals surface area contributed by atoms with Crippen molar-refractivity contribution in [3.63, 3.8) is 0 Å². The zero-order chi connectivity index (χ0) is 10.6. The van der Waals surface area contributed by atoms with E-state index in [1.54, 1.807) is 13.3 Å². The van der Waals surface area contributed by atoms with Gasteiger partial charge >= 0.3 is 0 Å². The van der Waals surface area contributed by atoms with Crippen molar-refractivity contribution in [2.75, 3.05) is 30.8 Å². The van der Waals surface area contributed by atoms with Gasteiger partial charge in [0.05, 0.1) is 13.3 Å². The molecule has 0 saturated carbocycles. The van der Waals surface area contributed by atoms with Crippen LogP contribution in [0.5, 0.6) is 5.88 Å². The second-order valence-corrected chi connectivity index (χ2v) is 2.81. The average molecular weight is 196 g/mol. The van der Waals surface area contributed by atoms with Gasteiger partial charge in [-0.3, -0.25) is 0 Å². The summed E-state index contributed by atoms with van der Waals surface area (Å²) in [6.45, 7) is 5.83. The van der Waals surface area contributed by atoms with Gasteiger partial charge in [-0.05, 0) is 13.8 Å². The summed E-state index contributed by atoms with van der Waals surface area (Å²) < 4.78 is 5.02. The first-order chi connectivity index (χ1) is 6.72. The van der Waals surface area contributed by atoms with E-state index in [0.717, 1.165) is 13.1 Å². The highest BCUT2D eigenvalue weighted by Crippen LogP contribution is 2.19. The number of anilines is 2. The number of nitrogens with two attached hydrogens (primary N) is 1. The third-order valence-corrected chi connectivity index (χ3v) is 2.01. The Labute approximate surface area is 83.9 Å². The highest BCUT2D eigenvalue weighted by molar-refractivity contribution is 5.49. The molecule has 0 spiro atoms. The van der Waals surface area contributed by atoms with E-state index in [4.69, 9.17) is 10.5 Å². The zero-order valence-electron chi connectivity index (χ0n) is 8.82. The lowest BCUT2D eigenvalue weighted by Crippen LogP contribution is -2.24. The molecule has 5 heteroatoms. The summed E-state index contributed by atoms with van der Waals surface area (Å²) in [5.41, 5.74) is 6.08. The summed E-state index contributed by atoms with van der Waals surface area (Å²) in [7, 11) is 1.55. The van der Waals surface area contributed by atoms with Crippen molar-refractivity contribution in [1.29, 1.82) is 0 Å².